The van der Waals surface area contributed by atoms with E-state index in [2.05, 4.69) is 5.32 Å². The van der Waals surface area contributed by atoms with Crippen LogP contribution in [0.3, 0.4) is 0 Å². The molecule has 1 atom stereocenters. The Labute approximate surface area is 134 Å². The molecular weight excluding hydrogens is 304 g/mol. The van der Waals surface area contributed by atoms with E-state index in [0.29, 0.717) is 23.6 Å². The number of nitrogens with one attached hydrogen (secondary N) is 1. The molecule has 22 heavy (non-hydrogen) atoms. The number of aryl methyl sites for hydroxylation is 1. The lowest BCUT2D eigenvalue weighted by atomic mass is 10.0. The Morgan fingerprint density at radius 1 is 1.23 bits per heavy atom. The van der Waals surface area contributed by atoms with Crippen molar-refractivity contribution >= 4 is 29.3 Å². The highest BCUT2D eigenvalue weighted by Gasteiger charge is 2.39. The average Bonchev–Trinajstić information content (AvgIpc) is 2.78. The van der Waals surface area contributed by atoms with Gasteiger partial charge in [-0.05, 0) is 30.5 Å². The lowest BCUT2D eigenvalue weighted by molar-refractivity contribution is -0.136. The van der Waals surface area contributed by atoms with Gasteiger partial charge >= 0.3 is 0 Å². The van der Waals surface area contributed by atoms with Crippen LogP contribution in [0.1, 0.15) is 48.2 Å². The molecule has 3 amide bonds. The molecule has 0 aromatic heterocycles. The molecule has 2 aliphatic rings. The summed E-state index contributed by atoms with van der Waals surface area (Å²) in [6, 6.07) is 3.06. The molecule has 6 heteroatoms. The number of nitrogens with zero attached hydrogens (tertiary/aromatic N) is 1. The molecule has 1 saturated heterocycles. The van der Waals surface area contributed by atoms with Crippen molar-refractivity contribution in [2.45, 2.75) is 46.2 Å². The van der Waals surface area contributed by atoms with Crippen LogP contribution in [0.4, 0.5) is 0 Å². The number of piperidine rings is 1. The first-order valence-electron chi connectivity index (χ1n) is 7.41. The predicted octanol–water partition coefficient (Wildman–Crippen LogP) is 2.44. The van der Waals surface area contributed by atoms with Crippen molar-refractivity contribution in [3.63, 3.8) is 0 Å². The zero-order chi connectivity index (χ0) is 16.4. The lowest BCUT2D eigenvalue weighted by Gasteiger charge is -2.29. The molecule has 0 spiro atoms. The summed E-state index contributed by atoms with van der Waals surface area (Å²) in [6.45, 7) is 6.27. The summed E-state index contributed by atoms with van der Waals surface area (Å²) < 4.78 is 0. The zero-order valence-corrected chi connectivity index (χ0v) is 13.7. The number of hydrogen-bond donors (Lipinski definition) is 1. The topological polar surface area (TPSA) is 66.5 Å². The number of hydrogen-bond acceptors (Lipinski definition) is 3. The molecule has 0 radical (unpaired) electrons. The van der Waals surface area contributed by atoms with Gasteiger partial charge in [0.15, 0.2) is 0 Å². The van der Waals surface area contributed by atoms with Gasteiger partial charge in [-0.25, -0.2) is 0 Å². The van der Waals surface area contributed by atoms with Crippen molar-refractivity contribution in [2.75, 3.05) is 0 Å². The monoisotopic (exact) mass is 322 g/mol. The number of carbonyl (C=O) groups excluding carboxylic acids is 3. The molecule has 2 heterocycles. The molecule has 1 fully saturated rings. The lowest BCUT2D eigenvalue weighted by Crippen LogP contribution is -2.52. The first-order valence-corrected chi connectivity index (χ1v) is 7.79. The van der Waals surface area contributed by atoms with Crippen LogP contribution < -0.4 is 5.32 Å². The largest absolute Gasteiger partial charge is 0.322 e. The standard InChI is InChI=1S/C14H13ClN2O3.C2H6/c1-7-4-8-6-17(14(20)12(8)9(15)5-7)10-2-3-11(18)16-13(10)19;1-2/h4-5,10H,2-3,6H2,1H3,(H,16,18,19);1-2H3. The summed E-state index contributed by atoms with van der Waals surface area (Å²) in [5, 5.41) is 2.69. The second-order valence-electron chi connectivity index (χ2n) is 5.18. The van der Waals surface area contributed by atoms with E-state index in [1.165, 1.54) is 4.90 Å². The SMILES string of the molecule is CC.Cc1cc(Cl)c2c(c1)CN(C1CCC(=O)NC1=O)C2=O. The summed E-state index contributed by atoms with van der Waals surface area (Å²) in [4.78, 5) is 37.0. The summed E-state index contributed by atoms with van der Waals surface area (Å²) in [5.74, 6) is -0.931. The minimum absolute atomic E-state index is 0.237. The van der Waals surface area contributed by atoms with Gasteiger partial charge in [0.1, 0.15) is 6.04 Å². The van der Waals surface area contributed by atoms with Gasteiger partial charge in [0.2, 0.25) is 11.8 Å². The average molecular weight is 323 g/mol. The molecule has 1 aromatic carbocycles. The van der Waals surface area contributed by atoms with E-state index in [9.17, 15) is 14.4 Å². The van der Waals surface area contributed by atoms with Crippen molar-refractivity contribution < 1.29 is 14.4 Å². The van der Waals surface area contributed by atoms with E-state index >= 15 is 0 Å². The molecule has 5 nitrogen and oxygen atoms in total. The van der Waals surface area contributed by atoms with Crippen LogP contribution in [0, 0.1) is 6.92 Å². The molecule has 118 valence electrons. The van der Waals surface area contributed by atoms with Crippen molar-refractivity contribution in [1.29, 1.82) is 0 Å². The minimum atomic E-state index is -0.594. The third-order valence-corrected chi connectivity index (χ3v) is 4.02. The number of benzene rings is 1. The van der Waals surface area contributed by atoms with Gasteiger partial charge in [-0.2, -0.15) is 0 Å². The summed E-state index contributed by atoms with van der Waals surface area (Å²) in [6.07, 6.45) is 0.615. The Balaban J connectivity index is 0.000000847. The molecule has 3 rings (SSSR count). The highest BCUT2D eigenvalue weighted by Crippen LogP contribution is 2.32. The first kappa shape index (κ1) is 16.5. The Bertz CT molecular complexity index is 643. The summed E-state index contributed by atoms with van der Waals surface area (Å²) >= 11 is 6.13. The molecule has 0 aliphatic carbocycles. The van der Waals surface area contributed by atoms with Crippen LogP contribution in [0.2, 0.25) is 5.02 Å². The highest BCUT2D eigenvalue weighted by atomic mass is 35.5. The van der Waals surface area contributed by atoms with Gasteiger partial charge in [-0.15, -0.1) is 0 Å². The Morgan fingerprint density at radius 3 is 2.55 bits per heavy atom. The van der Waals surface area contributed by atoms with Crippen LogP contribution in [-0.4, -0.2) is 28.7 Å². The minimum Gasteiger partial charge on any atom is -0.322 e. The quantitative estimate of drug-likeness (QED) is 0.808. The van der Waals surface area contributed by atoms with Crippen LogP contribution >= 0.6 is 11.6 Å². The van der Waals surface area contributed by atoms with Gasteiger partial charge in [-0.3, -0.25) is 19.7 Å². The van der Waals surface area contributed by atoms with Gasteiger partial charge in [-0.1, -0.05) is 31.5 Å². The number of amides is 3. The van der Waals surface area contributed by atoms with E-state index in [-0.39, 0.29) is 18.2 Å². The Morgan fingerprint density at radius 2 is 1.91 bits per heavy atom. The van der Waals surface area contributed by atoms with Crippen molar-refractivity contribution in [3.05, 3.63) is 33.8 Å². The summed E-state index contributed by atoms with van der Waals surface area (Å²) in [7, 11) is 0. The molecule has 1 aromatic rings. The number of carbonyl (C=O) groups is 3. The van der Waals surface area contributed by atoms with Crippen LogP contribution in [0.15, 0.2) is 12.1 Å². The van der Waals surface area contributed by atoms with Gasteiger partial charge in [0, 0.05) is 13.0 Å². The van der Waals surface area contributed by atoms with Gasteiger partial charge < -0.3 is 4.90 Å². The second kappa shape index (κ2) is 6.48. The van der Waals surface area contributed by atoms with E-state index in [1.807, 2.05) is 26.8 Å². The van der Waals surface area contributed by atoms with Crippen molar-refractivity contribution in [3.8, 4) is 0 Å². The maximum absolute atomic E-state index is 12.4. The fourth-order valence-corrected chi connectivity index (χ4v) is 3.18. The summed E-state index contributed by atoms with van der Waals surface area (Å²) in [5.41, 5.74) is 2.29. The van der Waals surface area contributed by atoms with E-state index < -0.39 is 11.9 Å². The molecule has 1 unspecified atom stereocenters. The number of fused-ring (bicyclic) bond motifs is 1. The van der Waals surface area contributed by atoms with Crippen molar-refractivity contribution in [1.82, 2.24) is 10.2 Å². The van der Waals surface area contributed by atoms with Gasteiger partial charge in [0.05, 0.1) is 10.6 Å². The maximum Gasteiger partial charge on any atom is 0.256 e. The number of halogens is 1. The smallest absolute Gasteiger partial charge is 0.256 e. The van der Waals surface area contributed by atoms with E-state index in [4.69, 9.17) is 11.6 Å². The number of rotatable bonds is 1. The van der Waals surface area contributed by atoms with E-state index in [0.717, 1.165) is 11.1 Å². The van der Waals surface area contributed by atoms with E-state index in [1.54, 1.807) is 6.07 Å². The van der Waals surface area contributed by atoms with Crippen LogP contribution in [0.5, 0.6) is 0 Å². The molecule has 0 bridgehead atoms. The van der Waals surface area contributed by atoms with Gasteiger partial charge in [0.25, 0.3) is 5.91 Å². The first-order chi connectivity index (χ1) is 10.5. The van der Waals surface area contributed by atoms with Crippen LogP contribution in [-0.2, 0) is 16.1 Å². The van der Waals surface area contributed by atoms with Crippen LogP contribution in [0.25, 0.3) is 0 Å². The zero-order valence-electron chi connectivity index (χ0n) is 12.9. The second-order valence-corrected chi connectivity index (χ2v) is 5.59. The molecule has 1 N–H and O–H groups in total. The van der Waals surface area contributed by atoms with Crippen molar-refractivity contribution in [2.24, 2.45) is 0 Å². The Hall–Kier alpha value is -1.88. The fourth-order valence-electron chi connectivity index (χ4n) is 2.81. The highest BCUT2D eigenvalue weighted by molar-refractivity contribution is 6.34. The predicted molar refractivity (Wildman–Crippen MR) is 83.6 cm³/mol. The molecular formula is C16H19ClN2O3. The fraction of sp³-hybridized carbons (Fsp3) is 0.438. The third-order valence-electron chi connectivity index (χ3n) is 3.72. The third kappa shape index (κ3) is 2.86. The molecule has 0 saturated carbocycles. The normalized spacial score (nSPS) is 20.3. The maximum atomic E-state index is 12.4. The molecule has 2 aliphatic heterocycles. The number of imide groups is 1. The Kier molecular flexibility index (Phi) is 4.86.